The van der Waals surface area contributed by atoms with Crippen molar-refractivity contribution in [3.05, 3.63) is 30.1 Å². The van der Waals surface area contributed by atoms with Crippen LogP contribution in [0.1, 0.15) is 136 Å². The Hall–Kier alpha value is -1.99. The van der Waals surface area contributed by atoms with Crippen molar-refractivity contribution in [2.24, 2.45) is 5.92 Å². The molecule has 1 aliphatic heterocycles. The molecule has 0 aliphatic carbocycles. The molecule has 0 aromatic carbocycles. The van der Waals surface area contributed by atoms with Crippen LogP contribution in [0.25, 0.3) is 0 Å². The molecule has 2 heterocycles. The quantitative estimate of drug-likeness (QED) is 0.0899. The number of carbonyl (C=O) groups is 2. The summed E-state index contributed by atoms with van der Waals surface area (Å²) < 4.78 is 19.3. The normalized spacial score (nSPS) is 16.5. The number of ether oxygens (including phenoxy) is 3. The van der Waals surface area contributed by atoms with Gasteiger partial charge in [-0.25, -0.2) is 14.3 Å². The zero-order valence-corrected chi connectivity index (χ0v) is 27.2. The number of hydrogen-bond donors (Lipinski definition) is 0. The second kappa shape index (κ2) is 23.5. The van der Waals surface area contributed by atoms with E-state index in [-0.39, 0.29) is 31.1 Å². The lowest BCUT2D eigenvalue weighted by molar-refractivity contribution is -0.701. The maximum absolute atomic E-state index is 12.7. The number of carbonyl (C=O) groups excluding carboxylic acids is 2. The first kappa shape index (κ1) is 36.2. The van der Waals surface area contributed by atoms with Gasteiger partial charge in [-0.05, 0) is 19.8 Å². The Balaban J connectivity index is 1.42. The van der Waals surface area contributed by atoms with Crippen LogP contribution in [0.4, 0.5) is 4.79 Å². The summed E-state index contributed by atoms with van der Waals surface area (Å²) in [6.07, 6.45) is 24.1. The molecule has 2 rings (SSSR count). The minimum absolute atomic E-state index is 0.0477. The zero-order valence-electron chi connectivity index (χ0n) is 27.2. The summed E-state index contributed by atoms with van der Waals surface area (Å²) >= 11 is 0. The van der Waals surface area contributed by atoms with Crippen LogP contribution in [-0.4, -0.2) is 49.4 Å². The van der Waals surface area contributed by atoms with Crippen molar-refractivity contribution in [1.82, 2.24) is 4.90 Å². The molecule has 1 aromatic heterocycles. The number of unbranched alkanes of at least 4 members (excludes halogenated alkanes) is 15. The monoisotopic (exact) mass is 589 g/mol. The topological polar surface area (TPSA) is 69.0 Å². The maximum Gasteiger partial charge on any atom is 0.417 e. The zero-order chi connectivity index (χ0) is 30.3. The van der Waals surface area contributed by atoms with Crippen molar-refractivity contribution in [3.8, 4) is 0 Å². The minimum Gasteiger partial charge on any atom is -0.449 e. The highest BCUT2D eigenvalue weighted by Crippen LogP contribution is 2.21. The largest absolute Gasteiger partial charge is 0.449 e. The van der Waals surface area contributed by atoms with Gasteiger partial charge in [0.2, 0.25) is 11.6 Å². The van der Waals surface area contributed by atoms with E-state index in [9.17, 15) is 9.59 Å². The van der Waals surface area contributed by atoms with E-state index in [1.54, 1.807) is 0 Å². The standard InChI is InChI=1S/C35H61N2O5/c1-4-6-7-8-9-10-11-12-13-14-15-16-17-18-19-22-25-40-30-34-26-32(28-41-34)29-42-35(39)37(31(3)38)27-33-23-20-21-24-36(33)5-2/h20-21,23-24,32,34H,4-19,22,25-30H2,1-3H3/q+1/t32-,34+/m1/s1. The van der Waals surface area contributed by atoms with E-state index in [4.69, 9.17) is 14.2 Å². The van der Waals surface area contributed by atoms with Crippen molar-refractivity contribution in [1.29, 1.82) is 0 Å². The number of rotatable bonds is 24. The molecule has 1 aliphatic rings. The summed E-state index contributed by atoms with van der Waals surface area (Å²) in [5.41, 5.74) is 0.887. The fraction of sp³-hybridized carbons (Fsp3) is 0.800. The van der Waals surface area contributed by atoms with Crippen LogP contribution in [-0.2, 0) is 32.1 Å². The van der Waals surface area contributed by atoms with E-state index in [0.29, 0.717) is 13.2 Å². The van der Waals surface area contributed by atoms with E-state index in [1.807, 2.05) is 35.9 Å². The molecular formula is C35H61N2O5+. The van der Waals surface area contributed by atoms with Gasteiger partial charge in [0.15, 0.2) is 6.20 Å². The summed E-state index contributed by atoms with van der Waals surface area (Å²) in [5, 5.41) is 0. The lowest BCUT2D eigenvalue weighted by Crippen LogP contribution is -2.43. The average molecular weight is 590 g/mol. The van der Waals surface area contributed by atoms with Gasteiger partial charge >= 0.3 is 6.09 Å². The van der Waals surface area contributed by atoms with Gasteiger partial charge in [-0.1, -0.05) is 109 Å². The smallest absolute Gasteiger partial charge is 0.417 e. The van der Waals surface area contributed by atoms with Crippen LogP contribution < -0.4 is 4.57 Å². The van der Waals surface area contributed by atoms with E-state index in [2.05, 4.69) is 6.92 Å². The maximum atomic E-state index is 12.7. The fourth-order valence-electron chi connectivity index (χ4n) is 5.68. The van der Waals surface area contributed by atoms with Crippen LogP contribution in [0.3, 0.4) is 0 Å². The Morgan fingerprint density at radius 1 is 0.857 bits per heavy atom. The lowest BCUT2D eigenvalue weighted by atomic mass is 10.0. The van der Waals surface area contributed by atoms with Crippen LogP contribution in [0, 0.1) is 5.92 Å². The summed E-state index contributed by atoms with van der Waals surface area (Å²) in [5.74, 6) is -0.196. The number of aromatic nitrogens is 1. The first-order valence-corrected chi connectivity index (χ1v) is 17.2. The van der Waals surface area contributed by atoms with Crippen molar-refractivity contribution >= 4 is 12.0 Å². The molecule has 240 valence electrons. The molecule has 7 nitrogen and oxygen atoms in total. The van der Waals surface area contributed by atoms with Gasteiger partial charge in [-0.15, -0.1) is 0 Å². The van der Waals surface area contributed by atoms with E-state index < -0.39 is 6.09 Å². The number of hydrogen-bond acceptors (Lipinski definition) is 5. The van der Waals surface area contributed by atoms with Gasteiger partial charge < -0.3 is 14.2 Å². The lowest BCUT2D eigenvalue weighted by Gasteiger charge is -2.19. The molecular weight excluding hydrogens is 528 g/mol. The molecule has 1 fully saturated rings. The number of amides is 2. The Labute approximate surface area is 256 Å². The Kier molecular flexibility index (Phi) is 20.2. The summed E-state index contributed by atoms with van der Waals surface area (Å²) in [7, 11) is 0. The predicted octanol–water partition coefficient (Wildman–Crippen LogP) is 8.16. The molecule has 7 heteroatoms. The van der Waals surface area contributed by atoms with E-state index in [0.717, 1.165) is 36.6 Å². The molecule has 42 heavy (non-hydrogen) atoms. The van der Waals surface area contributed by atoms with Gasteiger partial charge in [0.05, 0.1) is 25.9 Å². The Morgan fingerprint density at radius 2 is 1.45 bits per heavy atom. The molecule has 0 spiro atoms. The highest BCUT2D eigenvalue weighted by atomic mass is 16.6. The molecule has 2 atom stereocenters. The Bertz CT molecular complexity index is 848. The van der Waals surface area contributed by atoms with Gasteiger partial charge in [0.25, 0.3) is 0 Å². The first-order valence-electron chi connectivity index (χ1n) is 17.2. The third-order valence-electron chi connectivity index (χ3n) is 8.35. The van der Waals surface area contributed by atoms with Crippen molar-refractivity contribution < 1.29 is 28.4 Å². The van der Waals surface area contributed by atoms with Crippen molar-refractivity contribution in [2.45, 2.75) is 149 Å². The van der Waals surface area contributed by atoms with Crippen molar-refractivity contribution in [3.63, 3.8) is 0 Å². The highest BCUT2D eigenvalue weighted by Gasteiger charge is 2.29. The minimum atomic E-state index is -0.600. The van der Waals surface area contributed by atoms with Crippen LogP contribution in [0.15, 0.2) is 24.4 Å². The van der Waals surface area contributed by atoms with Crippen LogP contribution in [0.2, 0.25) is 0 Å². The molecule has 1 saturated heterocycles. The molecule has 0 radical (unpaired) electrons. The molecule has 2 amide bonds. The number of pyridine rings is 1. The fourth-order valence-corrected chi connectivity index (χ4v) is 5.68. The van der Waals surface area contributed by atoms with Crippen LogP contribution in [0.5, 0.6) is 0 Å². The van der Waals surface area contributed by atoms with Crippen LogP contribution >= 0.6 is 0 Å². The predicted molar refractivity (Wildman–Crippen MR) is 168 cm³/mol. The SMILES string of the molecule is CCCCCCCCCCCCCCCCCCOC[C@@H]1C[C@@H](COC(=O)N(Cc2cccc[n+]2CC)C(C)=O)CO1. The number of imide groups is 1. The molecule has 0 unspecified atom stereocenters. The van der Waals surface area contributed by atoms with Gasteiger partial charge in [0, 0.05) is 31.6 Å². The second-order valence-electron chi connectivity index (χ2n) is 12.1. The molecule has 0 N–H and O–H groups in total. The average Bonchev–Trinajstić information content (AvgIpc) is 3.45. The molecule has 1 aromatic rings. The molecule has 0 saturated carbocycles. The summed E-state index contributed by atoms with van der Waals surface area (Å²) in [6.45, 7) is 8.84. The third kappa shape index (κ3) is 16.0. The van der Waals surface area contributed by atoms with E-state index in [1.165, 1.54) is 103 Å². The molecule has 0 bridgehead atoms. The van der Waals surface area contributed by atoms with Gasteiger partial charge in [0.1, 0.15) is 13.1 Å². The van der Waals surface area contributed by atoms with Gasteiger partial charge in [-0.2, -0.15) is 0 Å². The highest BCUT2D eigenvalue weighted by molar-refractivity contribution is 5.90. The second-order valence-corrected chi connectivity index (χ2v) is 12.1. The number of aryl methyl sites for hydroxylation is 1. The Morgan fingerprint density at radius 3 is 2.02 bits per heavy atom. The third-order valence-corrected chi connectivity index (χ3v) is 8.35. The first-order chi connectivity index (χ1) is 20.5. The summed E-state index contributed by atoms with van der Waals surface area (Å²) in [4.78, 5) is 26.0. The summed E-state index contributed by atoms with van der Waals surface area (Å²) in [6, 6.07) is 5.76. The number of nitrogens with zero attached hydrogens (tertiary/aromatic N) is 2. The van der Waals surface area contributed by atoms with E-state index >= 15 is 0 Å². The van der Waals surface area contributed by atoms with Gasteiger partial charge in [-0.3, -0.25) is 4.79 Å². The van der Waals surface area contributed by atoms with Crippen molar-refractivity contribution in [2.75, 3.05) is 26.4 Å².